The minimum atomic E-state index is -0.446. The lowest BCUT2D eigenvalue weighted by Crippen LogP contribution is -2.34. The zero-order valence-corrected chi connectivity index (χ0v) is 14.8. The van der Waals surface area contributed by atoms with Gasteiger partial charge in [-0.05, 0) is 44.6 Å². The van der Waals surface area contributed by atoms with Crippen molar-refractivity contribution in [2.75, 3.05) is 38.6 Å². The molecule has 0 unspecified atom stereocenters. The molecular formula is C16H27BrN2O. The molecule has 0 fully saturated rings. The van der Waals surface area contributed by atoms with Crippen LogP contribution < -0.4 is 4.90 Å². The van der Waals surface area contributed by atoms with Gasteiger partial charge in [-0.3, -0.25) is 0 Å². The Bertz CT molecular complexity index is 419. The van der Waals surface area contributed by atoms with E-state index in [2.05, 4.69) is 65.8 Å². The largest absolute Gasteiger partial charge is 0.389 e. The molecule has 3 nitrogen and oxygen atoms in total. The Hall–Kier alpha value is -0.580. The number of hydrogen-bond donors (Lipinski definition) is 1. The molecule has 114 valence electrons. The Labute approximate surface area is 131 Å². The van der Waals surface area contributed by atoms with Gasteiger partial charge in [-0.2, -0.15) is 0 Å². The second-order valence-corrected chi connectivity index (χ2v) is 6.88. The monoisotopic (exact) mass is 342 g/mol. The van der Waals surface area contributed by atoms with Crippen LogP contribution in [-0.2, 0) is 0 Å². The highest BCUT2D eigenvalue weighted by Crippen LogP contribution is 2.28. The van der Waals surface area contributed by atoms with Gasteiger partial charge in [-0.15, -0.1) is 0 Å². The van der Waals surface area contributed by atoms with E-state index in [-0.39, 0.29) is 0 Å². The van der Waals surface area contributed by atoms with Gasteiger partial charge in [0.25, 0.3) is 0 Å². The molecule has 0 saturated carbocycles. The maximum absolute atomic E-state index is 9.71. The van der Waals surface area contributed by atoms with Crippen LogP contribution in [0.5, 0.6) is 0 Å². The maximum atomic E-state index is 9.71. The molecular weight excluding hydrogens is 316 g/mol. The fraction of sp³-hybridized carbons (Fsp3) is 0.625. The normalized spacial score (nSPS) is 13.1. The zero-order chi connectivity index (χ0) is 15.3. The molecule has 0 aliphatic rings. The van der Waals surface area contributed by atoms with Crippen molar-refractivity contribution >= 4 is 21.6 Å². The first-order valence-electron chi connectivity index (χ1n) is 7.18. The molecule has 0 bridgehead atoms. The summed E-state index contributed by atoms with van der Waals surface area (Å²) in [5, 5.41) is 9.71. The highest BCUT2D eigenvalue weighted by atomic mass is 79.9. The molecule has 0 amide bonds. The lowest BCUT2D eigenvalue weighted by molar-refractivity contribution is 0.198. The van der Waals surface area contributed by atoms with Crippen molar-refractivity contribution in [2.24, 2.45) is 5.92 Å². The van der Waals surface area contributed by atoms with Gasteiger partial charge in [0, 0.05) is 29.8 Å². The van der Waals surface area contributed by atoms with Crippen LogP contribution in [0.15, 0.2) is 22.7 Å². The standard InChI is InChI=1S/C16H27BrN2O/c1-12(2)11-19(9-8-18(4)5)14-6-7-15(13(3)20)16(17)10-14/h6-7,10,12-13,20H,8-9,11H2,1-5H3/t13-/m1/s1. The van der Waals surface area contributed by atoms with Crippen LogP contribution in [0.1, 0.15) is 32.4 Å². The van der Waals surface area contributed by atoms with E-state index in [1.54, 1.807) is 6.92 Å². The minimum absolute atomic E-state index is 0.446. The van der Waals surface area contributed by atoms with Gasteiger partial charge in [0.1, 0.15) is 0 Å². The fourth-order valence-corrected chi connectivity index (χ4v) is 2.84. The predicted octanol–water partition coefficient (Wildman–Crippen LogP) is 3.53. The highest BCUT2D eigenvalue weighted by Gasteiger charge is 2.12. The lowest BCUT2D eigenvalue weighted by Gasteiger charge is -2.28. The summed E-state index contributed by atoms with van der Waals surface area (Å²) in [5.41, 5.74) is 2.14. The number of benzene rings is 1. The summed E-state index contributed by atoms with van der Waals surface area (Å²) in [6.45, 7) is 9.34. The number of hydrogen-bond acceptors (Lipinski definition) is 3. The van der Waals surface area contributed by atoms with Crippen LogP contribution in [-0.4, -0.2) is 43.7 Å². The molecule has 1 rings (SSSR count). The van der Waals surface area contributed by atoms with E-state index in [9.17, 15) is 5.11 Å². The summed E-state index contributed by atoms with van der Waals surface area (Å²) < 4.78 is 0.976. The molecule has 20 heavy (non-hydrogen) atoms. The third-order valence-electron chi connectivity index (χ3n) is 3.20. The van der Waals surface area contributed by atoms with Crippen molar-refractivity contribution in [3.8, 4) is 0 Å². The Morgan fingerprint density at radius 1 is 1.15 bits per heavy atom. The van der Waals surface area contributed by atoms with Crippen LogP contribution in [0, 0.1) is 5.92 Å². The van der Waals surface area contributed by atoms with Gasteiger partial charge in [-0.25, -0.2) is 0 Å². The van der Waals surface area contributed by atoms with Crippen LogP contribution in [0.3, 0.4) is 0 Å². The summed E-state index contributed by atoms with van der Waals surface area (Å²) in [7, 11) is 4.19. The van der Waals surface area contributed by atoms with Crippen LogP contribution in [0.4, 0.5) is 5.69 Å². The topological polar surface area (TPSA) is 26.7 Å². The van der Waals surface area contributed by atoms with E-state index >= 15 is 0 Å². The Kier molecular flexibility index (Phi) is 7.00. The van der Waals surface area contributed by atoms with E-state index in [0.717, 1.165) is 29.7 Å². The molecule has 1 aromatic rings. The van der Waals surface area contributed by atoms with Gasteiger partial charge in [0.2, 0.25) is 0 Å². The van der Waals surface area contributed by atoms with E-state index in [4.69, 9.17) is 0 Å². The Balaban J connectivity index is 2.92. The third kappa shape index (κ3) is 5.43. The Morgan fingerprint density at radius 3 is 2.25 bits per heavy atom. The first-order valence-corrected chi connectivity index (χ1v) is 7.97. The van der Waals surface area contributed by atoms with Gasteiger partial charge in [0.15, 0.2) is 0 Å². The predicted molar refractivity (Wildman–Crippen MR) is 90.4 cm³/mol. The quantitative estimate of drug-likeness (QED) is 0.821. The molecule has 0 radical (unpaired) electrons. The number of rotatable bonds is 7. The molecule has 0 aliphatic carbocycles. The Morgan fingerprint density at radius 2 is 1.80 bits per heavy atom. The van der Waals surface area contributed by atoms with E-state index in [1.165, 1.54) is 5.69 Å². The van der Waals surface area contributed by atoms with E-state index in [1.807, 2.05) is 6.07 Å². The fourth-order valence-electron chi connectivity index (χ4n) is 2.14. The highest BCUT2D eigenvalue weighted by molar-refractivity contribution is 9.10. The second kappa shape index (κ2) is 8.01. The van der Waals surface area contributed by atoms with Crippen LogP contribution >= 0.6 is 15.9 Å². The molecule has 0 spiro atoms. The second-order valence-electron chi connectivity index (χ2n) is 6.02. The summed E-state index contributed by atoms with van der Waals surface area (Å²) in [6.07, 6.45) is -0.446. The summed E-state index contributed by atoms with van der Waals surface area (Å²) in [6, 6.07) is 6.22. The number of likely N-dealkylation sites (N-methyl/N-ethyl adjacent to an activating group) is 1. The van der Waals surface area contributed by atoms with Crippen LogP contribution in [0.2, 0.25) is 0 Å². The molecule has 0 heterocycles. The summed E-state index contributed by atoms with van der Waals surface area (Å²) >= 11 is 3.57. The average Bonchev–Trinajstić information content (AvgIpc) is 2.33. The van der Waals surface area contributed by atoms with Crippen LogP contribution in [0.25, 0.3) is 0 Å². The van der Waals surface area contributed by atoms with Crippen molar-refractivity contribution in [3.63, 3.8) is 0 Å². The lowest BCUT2D eigenvalue weighted by atomic mass is 10.1. The van der Waals surface area contributed by atoms with Gasteiger partial charge < -0.3 is 14.9 Å². The van der Waals surface area contributed by atoms with Gasteiger partial charge >= 0.3 is 0 Å². The average molecular weight is 343 g/mol. The number of anilines is 1. The first-order chi connectivity index (χ1) is 9.31. The third-order valence-corrected chi connectivity index (χ3v) is 3.89. The van der Waals surface area contributed by atoms with Crippen molar-refractivity contribution in [1.82, 2.24) is 4.90 Å². The molecule has 0 saturated heterocycles. The molecule has 0 aromatic heterocycles. The smallest absolute Gasteiger partial charge is 0.0772 e. The maximum Gasteiger partial charge on any atom is 0.0772 e. The molecule has 0 aliphatic heterocycles. The van der Waals surface area contributed by atoms with Crippen molar-refractivity contribution in [3.05, 3.63) is 28.2 Å². The number of nitrogens with zero attached hydrogens (tertiary/aromatic N) is 2. The van der Waals surface area contributed by atoms with Gasteiger partial charge in [-0.1, -0.05) is 35.8 Å². The van der Waals surface area contributed by atoms with E-state index in [0.29, 0.717) is 5.92 Å². The summed E-state index contributed by atoms with van der Waals surface area (Å²) in [5.74, 6) is 0.618. The number of aliphatic hydroxyl groups excluding tert-OH is 1. The van der Waals surface area contributed by atoms with E-state index < -0.39 is 6.10 Å². The number of halogens is 1. The number of aliphatic hydroxyl groups is 1. The first kappa shape index (κ1) is 17.5. The molecule has 1 atom stereocenters. The molecule has 1 aromatic carbocycles. The zero-order valence-electron chi connectivity index (χ0n) is 13.2. The van der Waals surface area contributed by atoms with Gasteiger partial charge in [0.05, 0.1) is 6.10 Å². The summed E-state index contributed by atoms with van der Waals surface area (Å²) in [4.78, 5) is 4.60. The SMILES string of the molecule is CC(C)CN(CCN(C)C)c1ccc([C@@H](C)O)c(Br)c1. The molecule has 1 N–H and O–H groups in total. The van der Waals surface area contributed by atoms with Crippen molar-refractivity contribution in [1.29, 1.82) is 0 Å². The van der Waals surface area contributed by atoms with Crippen molar-refractivity contribution < 1.29 is 5.11 Å². The van der Waals surface area contributed by atoms with Crippen molar-refractivity contribution in [2.45, 2.75) is 26.9 Å². The minimum Gasteiger partial charge on any atom is -0.389 e. The molecule has 4 heteroatoms.